The Kier molecular flexibility index (Phi) is 3.56. The van der Waals surface area contributed by atoms with E-state index in [0.717, 1.165) is 25.8 Å². The molecule has 1 N–H and O–H groups in total. The lowest BCUT2D eigenvalue weighted by Gasteiger charge is -2.16. The molecule has 108 valence electrons. The highest BCUT2D eigenvalue weighted by Gasteiger charge is 2.42. The molecule has 1 aromatic heterocycles. The van der Waals surface area contributed by atoms with Crippen molar-refractivity contribution in [2.24, 2.45) is 5.41 Å². The molecule has 0 aliphatic heterocycles. The van der Waals surface area contributed by atoms with Gasteiger partial charge in [0.05, 0.1) is 4.92 Å². The molecule has 1 aromatic carbocycles. The zero-order valence-electron chi connectivity index (χ0n) is 11.7. The van der Waals surface area contributed by atoms with Crippen molar-refractivity contribution in [3.8, 4) is 0 Å². The van der Waals surface area contributed by atoms with Gasteiger partial charge in [0.2, 0.25) is 5.82 Å². The fourth-order valence-corrected chi connectivity index (χ4v) is 2.57. The Hall–Kier alpha value is -2.43. The fourth-order valence-electron chi connectivity index (χ4n) is 2.57. The molecule has 21 heavy (non-hydrogen) atoms. The van der Waals surface area contributed by atoms with Gasteiger partial charge in [0.25, 0.3) is 0 Å². The molecule has 0 spiro atoms. The van der Waals surface area contributed by atoms with Crippen LogP contribution in [0.15, 0.2) is 48.7 Å². The summed E-state index contributed by atoms with van der Waals surface area (Å²) in [7, 11) is 0. The van der Waals surface area contributed by atoms with Crippen molar-refractivity contribution in [2.45, 2.75) is 19.3 Å². The topological polar surface area (TPSA) is 68.1 Å². The monoisotopic (exact) mass is 283 g/mol. The molecular formula is C16H17N3O2. The normalized spacial score (nSPS) is 15.4. The molecule has 1 fully saturated rings. The van der Waals surface area contributed by atoms with Crippen LogP contribution in [-0.2, 0) is 6.42 Å². The highest BCUT2D eigenvalue weighted by Crippen LogP contribution is 2.48. The number of pyridine rings is 1. The van der Waals surface area contributed by atoms with E-state index < -0.39 is 4.92 Å². The van der Waals surface area contributed by atoms with Crippen molar-refractivity contribution >= 4 is 11.5 Å². The molecule has 5 nitrogen and oxygen atoms in total. The number of anilines is 1. The van der Waals surface area contributed by atoms with Crippen LogP contribution in [0.2, 0.25) is 0 Å². The first-order chi connectivity index (χ1) is 10.2. The molecule has 1 heterocycles. The third-order valence-electron chi connectivity index (χ3n) is 3.99. The van der Waals surface area contributed by atoms with E-state index in [4.69, 9.17) is 0 Å². The third kappa shape index (κ3) is 3.18. The van der Waals surface area contributed by atoms with Crippen molar-refractivity contribution in [3.63, 3.8) is 0 Å². The van der Waals surface area contributed by atoms with Crippen LogP contribution >= 0.6 is 0 Å². The maximum Gasteiger partial charge on any atom is 0.311 e. The van der Waals surface area contributed by atoms with E-state index in [0.29, 0.717) is 5.82 Å². The Morgan fingerprint density at radius 1 is 1.19 bits per heavy atom. The van der Waals surface area contributed by atoms with Crippen LogP contribution in [0.25, 0.3) is 0 Å². The number of nitro groups is 1. The number of aromatic nitrogens is 1. The van der Waals surface area contributed by atoms with Gasteiger partial charge in [-0.25, -0.2) is 4.98 Å². The molecule has 0 unspecified atom stereocenters. The van der Waals surface area contributed by atoms with Gasteiger partial charge < -0.3 is 5.32 Å². The molecule has 0 atom stereocenters. The summed E-state index contributed by atoms with van der Waals surface area (Å²) in [6, 6.07) is 13.4. The van der Waals surface area contributed by atoms with Gasteiger partial charge in [-0.2, -0.15) is 0 Å². The summed E-state index contributed by atoms with van der Waals surface area (Å²) in [5.41, 5.74) is 1.56. The number of benzene rings is 1. The lowest BCUT2D eigenvalue weighted by atomic mass is 9.96. The zero-order valence-corrected chi connectivity index (χ0v) is 11.7. The summed E-state index contributed by atoms with van der Waals surface area (Å²) in [5, 5.41) is 14.1. The molecule has 0 amide bonds. The summed E-state index contributed by atoms with van der Waals surface area (Å²) in [6.07, 6.45) is 4.87. The molecule has 2 aromatic rings. The Morgan fingerprint density at radius 2 is 1.95 bits per heavy atom. The van der Waals surface area contributed by atoms with E-state index in [9.17, 15) is 10.1 Å². The van der Waals surface area contributed by atoms with E-state index in [1.807, 2.05) is 18.2 Å². The first-order valence-electron chi connectivity index (χ1n) is 7.06. The van der Waals surface area contributed by atoms with E-state index in [2.05, 4.69) is 22.4 Å². The zero-order chi connectivity index (χ0) is 14.7. The van der Waals surface area contributed by atoms with Crippen molar-refractivity contribution in [2.75, 3.05) is 11.9 Å². The van der Waals surface area contributed by atoms with Crippen molar-refractivity contribution < 1.29 is 4.92 Å². The van der Waals surface area contributed by atoms with Gasteiger partial charge >= 0.3 is 5.69 Å². The SMILES string of the molecule is O=[N+]([O-])c1cccnc1NCC1(Cc2ccccc2)CC1. The fraction of sp³-hybridized carbons (Fsp3) is 0.312. The molecule has 1 aliphatic rings. The first kappa shape index (κ1) is 13.5. The number of hydrogen-bond acceptors (Lipinski definition) is 4. The number of rotatable bonds is 6. The molecule has 3 rings (SSSR count). The van der Waals surface area contributed by atoms with Crippen molar-refractivity contribution in [3.05, 3.63) is 64.3 Å². The van der Waals surface area contributed by atoms with Crippen LogP contribution in [-0.4, -0.2) is 16.5 Å². The summed E-state index contributed by atoms with van der Waals surface area (Å²) < 4.78 is 0. The second-order valence-electron chi connectivity index (χ2n) is 5.64. The standard InChI is InChI=1S/C16H17N3O2/c20-19(21)14-7-4-10-17-15(14)18-12-16(8-9-16)11-13-5-2-1-3-6-13/h1-7,10H,8-9,11-12H2,(H,17,18). The highest BCUT2D eigenvalue weighted by atomic mass is 16.6. The average molecular weight is 283 g/mol. The second kappa shape index (κ2) is 5.52. The first-order valence-corrected chi connectivity index (χ1v) is 7.06. The molecule has 0 saturated heterocycles. The van der Waals surface area contributed by atoms with Gasteiger partial charge in [-0.3, -0.25) is 10.1 Å². The van der Waals surface area contributed by atoms with Gasteiger partial charge in [0.1, 0.15) is 0 Å². The Bertz CT molecular complexity index is 639. The molecule has 1 saturated carbocycles. The predicted molar refractivity (Wildman–Crippen MR) is 81.2 cm³/mol. The van der Waals surface area contributed by atoms with Gasteiger partial charge in [-0.05, 0) is 36.3 Å². The smallest absolute Gasteiger partial charge is 0.311 e. The van der Waals surface area contributed by atoms with Gasteiger partial charge in [-0.1, -0.05) is 30.3 Å². The Balaban J connectivity index is 1.67. The number of nitrogens with zero attached hydrogens (tertiary/aromatic N) is 2. The van der Waals surface area contributed by atoms with Gasteiger partial charge in [-0.15, -0.1) is 0 Å². The lowest BCUT2D eigenvalue weighted by molar-refractivity contribution is -0.384. The van der Waals surface area contributed by atoms with Gasteiger partial charge in [0.15, 0.2) is 0 Å². The number of nitrogens with one attached hydrogen (secondary N) is 1. The van der Waals surface area contributed by atoms with Gasteiger partial charge in [0, 0.05) is 18.8 Å². The summed E-state index contributed by atoms with van der Waals surface area (Å²) in [6.45, 7) is 0.722. The summed E-state index contributed by atoms with van der Waals surface area (Å²) in [5.74, 6) is 0.363. The summed E-state index contributed by atoms with van der Waals surface area (Å²) >= 11 is 0. The minimum absolute atomic E-state index is 0.0352. The minimum atomic E-state index is -0.397. The van der Waals surface area contributed by atoms with Crippen LogP contribution in [0.1, 0.15) is 18.4 Å². The Labute approximate surface area is 123 Å². The molecule has 5 heteroatoms. The van der Waals surface area contributed by atoms with E-state index in [-0.39, 0.29) is 11.1 Å². The predicted octanol–water partition coefficient (Wildman–Crippen LogP) is 3.42. The number of hydrogen-bond donors (Lipinski definition) is 1. The van der Waals surface area contributed by atoms with Crippen LogP contribution in [0.4, 0.5) is 11.5 Å². The Morgan fingerprint density at radius 3 is 2.62 bits per heavy atom. The maximum absolute atomic E-state index is 11.0. The van der Waals surface area contributed by atoms with E-state index in [1.165, 1.54) is 11.6 Å². The lowest BCUT2D eigenvalue weighted by Crippen LogP contribution is -2.19. The highest BCUT2D eigenvalue weighted by molar-refractivity contribution is 5.55. The van der Waals surface area contributed by atoms with E-state index in [1.54, 1.807) is 12.3 Å². The van der Waals surface area contributed by atoms with Crippen LogP contribution < -0.4 is 5.32 Å². The molecule has 0 bridgehead atoms. The van der Waals surface area contributed by atoms with Crippen LogP contribution in [0, 0.1) is 15.5 Å². The van der Waals surface area contributed by atoms with Crippen LogP contribution in [0.5, 0.6) is 0 Å². The van der Waals surface area contributed by atoms with Crippen molar-refractivity contribution in [1.29, 1.82) is 0 Å². The summed E-state index contributed by atoms with van der Waals surface area (Å²) in [4.78, 5) is 14.7. The van der Waals surface area contributed by atoms with Crippen LogP contribution in [0.3, 0.4) is 0 Å². The molecule has 0 radical (unpaired) electrons. The van der Waals surface area contributed by atoms with E-state index >= 15 is 0 Å². The quantitative estimate of drug-likeness (QED) is 0.651. The average Bonchev–Trinajstić information content (AvgIpc) is 3.26. The molecular weight excluding hydrogens is 266 g/mol. The molecule has 1 aliphatic carbocycles. The van der Waals surface area contributed by atoms with Crippen molar-refractivity contribution in [1.82, 2.24) is 4.98 Å². The maximum atomic E-state index is 11.0. The second-order valence-corrected chi connectivity index (χ2v) is 5.64. The minimum Gasteiger partial charge on any atom is -0.364 e. The third-order valence-corrected chi connectivity index (χ3v) is 3.99. The largest absolute Gasteiger partial charge is 0.364 e.